The van der Waals surface area contributed by atoms with E-state index < -0.39 is 33.8 Å². The molecule has 0 spiro atoms. The van der Waals surface area contributed by atoms with Gasteiger partial charge in [-0.05, 0) is 36.6 Å². The minimum absolute atomic E-state index is 0.0221. The lowest BCUT2D eigenvalue weighted by Crippen LogP contribution is -2.49. The molecule has 0 saturated carbocycles. The zero-order chi connectivity index (χ0) is 20.5. The van der Waals surface area contributed by atoms with Gasteiger partial charge in [0.15, 0.2) is 0 Å². The summed E-state index contributed by atoms with van der Waals surface area (Å²) in [4.78, 5) is 16.8. The van der Waals surface area contributed by atoms with Gasteiger partial charge in [-0.1, -0.05) is 23.7 Å². The Morgan fingerprint density at radius 3 is 2.82 bits per heavy atom. The number of aromatic nitrogens is 1. The van der Waals surface area contributed by atoms with Crippen LogP contribution >= 0.6 is 11.6 Å². The quantitative estimate of drug-likeness (QED) is 0.767. The maximum atomic E-state index is 15.8. The van der Waals surface area contributed by atoms with Gasteiger partial charge in [0.25, 0.3) is 5.91 Å². The Labute approximate surface area is 168 Å². The number of hydrogen-bond acceptors (Lipinski definition) is 4. The molecule has 0 fully saturated rings. The minimum Gasteiger partial charge on any atom is -0.383 e. The molecule has 0 radical (unpaired) electrons. The molecule has 3 rings (SSSR count). The summed E-state index contributed by atoms with van der Waals surface area (Å²) in [6.07, 6.45) is 2.45. The smallest absolute Gasteiger partial charge is 0.262 e. The van der Waals surface area contributed by atoms with Gasteiger partial charge in [0.1, 0.15) is 11.4 Å². The first-order valence-corrected chi connectivity index (χ1v) is 10.7. The number of halogens is 3. The Kier molecular flexibility index (Phi) is 5.84. The SMILES string of the molecule is CS(=O)CC1(O)CCC(F)(C(=O)NCc2ccc(F)cc2Cl)c2cccnc21. The van der Waals surface area contributed by atoms with E-state index in [9.17, 15) is 18.5 Å². The molecule has 150 valence electrons. The number of rotatable bonds is 5. The van der Waals surface area contributed by atoms with Crippen molar-refractivity contribution >= 4 is 28.3 Å². The van der Waals surface area contributed by atoms with Crippen molar-refractivity contribution in [2.75, 3.05) is 12.0 Å². The lowest BCUT2D eigenvalue weighted by atomic mass is 9.75. The summed E-state index contributed by atoms with van der Waals surface area (Å²) in [6.45, 7) is -0.0809. The Hall–Kier alpha value is -1.90. The van der Waals surface area contributed by atoms with Gasteiger partial charge in [0.05, 0.1) is 11.4 Å². The Balaban J connectivity index is 1.87. The average Bonchev–Trinajstić information content (AvgIpc) is 2.64. The number of benzene rings is 1. The molecular weight excluding hydrogens is 410 g/mol. The topological polar surface area (TPSA) is 79.3 Å². The van der Waals surface area contributed by atoms with Gasteiger partial charge in [-0.25, -0.2) is 8.78 Å². The molecule has 0 bridgehead atoms. The summed E-state index contributed by atoms with van der Waals surface area (Å²) in [5, 5.41) is 13.5. The van der Waals surface area contributed by atoms with Gasteiger partial charge in [-0.3, -0.25) is 14.0 Å². The Morgan fingerprint density at radius 1 is 1.39 bits per heavy atom. The van der Waals surface area contributed by atoms with Crippen LogP contribution in [-0.4, -0.2) is 32.2 Å². The zero-order valence-electron chi connectivity index (χ0n) is 15.0. The van der Waals surface area contributed by atoms with Crippen LogP contribution in [0.4, 0.5) is 8.78 Å². The van der Waals surface area contributed by atoms with Crippen LogP contribution in [0.5, 0.6) is 0 Å². The predicted molar refractivity (Wildman–Crippen MR) is 102 cm³/mol. The van der Waals surface area contributed by atoms with E-state index in [0.717, 1.165) is 6.07 Å². The van der Waals surface area contributed by atoms with Crippen LogP contribution in [0.25, 0.3) is 0 Å². The van der Waals surface area contributed by atoms with E-state index in [1.54, 1.807) is 0 Å². The molecule has 1 heterocycles. The zero-order valence-corrected chi connectivity index (χ0v) is 16.6. The summed E-state index contributed by atoms with van der Waals surface area (Å²) >= 11 is 5.94. The fraction of sp³-hybridized carbons (Fsp3) is 0.368. The molecular formula is C19H19ClF2N2O3S. The number of carbonyl (C=O) groups excluding carboxylic acids is 1. The van der Waals surface area contributed by atoms with Crippen molar-refractivity contribution in [2.24, 2.45) is 0 Å². The van der Waals surface area contributed by atoms with Gasteiger partial charge >= 0.3 is 0 Å². The highest BCUT2D eigenvalue weighted by Crippen LogP contribution is 2.45. The van der Waals surface area contributed by atoms with Crippen molar-refractivity contribution in [3.8, 4) is 0 Å². The molecule has 9 heteroatoms. The van der Waals surface area contributed by atoms with E-state index in [-0.39, 0.29) is 41.4 Å². The normalized spacial score (nSPS) is 25.0. The van der Waals surface area contributed by atoms with E-state index in [1.165, 1.54) is 36.7 Å². The van der Waals surface area contributed by atoms with Crippen LogP contribution in [0.1, 0.15) is 29.7 Å². The van der Waals surface area contributed by atoms with E-state index in [2.05, 4.69) is 10.3 Å². The highest BCUT2D eigenvalue weighted by molar-refractivity contribution is 7.84. The van der Waals surface area contributed by atoms with Crippen LogP contribution in [-0.2, 0) is 33.4 Å². The second kappa shape index (κ2) is 7.85. The number of alkyl halides is 1. The van der Waals surface area contributed by atoms with Crippen molar-refractivity contribution in [3.05, 3.63) is 64.2 Å². The molecule has 1 amide bonds. The first kappa shape index (κ1) is 20.8. The summed E-state index contributed by atoms with van der Waals surface area (Å²) in [5.74, 6) is -1.51. The number of nitrogens with one attached hydrogen (secondary N) is 1. The number of carbonyl (C=O) groups is 1. The van der Waals surface area contributed by atoms with E-state index in [4.69, 9.17) is 11.6 Å². The number of nitrogens with zero attached hydrogens (tertiary/aromatic N) is 1. The number of amides is 1. The fourth-order valence-electron chi connectivity index (χ4n) is 3.42. The first-order valence-electron chi connectivity index (χ1n) is 8.55. The minimum atomic E-state index is -2.41. The van der Waals surface area contributed by atoms with Gasteiger partial charge in [0.2, 0.25) is 5.67 Å². The highest BCUT2D eigenvalue weighted by atomic mass is 35.5. The van der Waals surface area contributed by atoms with Crippen molar-refractivity contribution in [3.63, 3.8) is 0 Å². The Bertz CT molecular complexity index is 945. The summed E-state index contributed by atoms with van der Waals surface area (Å²) in [5.41, 5.74) is -3.55. The fourth-order valence-corrected chi connectivity index (χ4v) is 4.61. The molecule has 5 nitrogen and oxygen atoms in total. The second-order valence-electron chi connectivity index (χ2n) is 6.87. The van der Waals surface area contributed by atoms with E-state index >= 15 is 4.39 Å². The van der Waals surface area contributed by atoms with E-state index in [0.29, 0.717) is 5.56 Å². The van der Waals surface area contributed by atoms with Crippen molar-refractivity contribution < 1.29 is 22.9 Å². The van der Waals surface area contributed by atoms with Crippen LogP contribution < -0.4 is 5.32 Å². The lowest BCUT2D eigenvalue weighted by Gasteiger charge is -2.39. The van der Waals surface area contributed by atoms with Crippen molar-refractivity contribution in [2.45, 2.75) is 30.7 Å². The summed E-state index contributed by atoms with van der Waals surface area (Å²) in [7, 11) is -1.34. The van der Waals surface area contributed by atoms with E-state index in [1.807, 2.05) is 0 Å². The van der Waals surface area contributed by atoms with Gasteiger partial charge in [0, 0.05) is 40.4 Å². The molecule has 2 aromatic rings. The predicted octanol–water partition coefficient (Wildman–Crippen LogP) is 2.72. The molecule has 1 aromatic heterocycles. The maximum Gasteiger partial charge on any atom is 0.262 e. The number of aliphatic hydroxyl groups is 1. The molecule has 3 unspecified atom stereocenters. The van der Waals surface area contributed by atoms with Gasteiger partial charge in [-0.2, -0.15) is 0 Å². The summed E-state index contributed by atoms with van der Waals surface area (Å²) < 4.78 is 40.6. The van der Waals surface area contributed by atoms with Crippen molar-refractivity contribution in [1.29, 1.82) is 0 Å². The molecule has 1 aliphatic carbocycles. The molecule has 0 saturated heterocycles. The molecule has 28 heavy (non-hydrogen) atoms. The van der Waals surface area contributed by atoms with Gasteiger partial charge < -0.3 is 10.4 Å². The van der Waals surface area contributed by atoms with Crippen LogP contribution in [0.3, 0.4) is 0 Å². The molecule has 3 atom stereocenters. The van der Waals surface area contributed by atoms with Crippen molar-refractivity contribution in [1.82, 2.24) is 10.3 Å². The van der Waals surface area contributed by atoms with Crippen LogP contribution in [0, 0.1) is 5.82 Å². The molecule has 1 aliphatic rings. The maximum absolute atomic E-state index is 15.8. The molecule has 0 aliphatic heterocycles. The Morgan fingerprint density at radius 2 is 2.14 bits per heavy atom. The second-order valence-corrected chi connectivity index (χ2v) is 8.71. The number of hydrogen-bond donors (Lipinski definition) is 2. The summed E-state index contributed by atoms with van der Waals surface area (Å²) in [6, 6.07) is 6.60. The molecule has 1 aromatic carbocycles. The lowest BCUT2D eigenvalue weighted by molar-refractivity contribution is -0.136. The highest BCUT2D eigenvalue weighted by Gasteiger charge is 2.52. The number of pyridine rings is 1. The number of fused-ring (bicyclic) bond motifs is 1. The van der Waals surface area contributed by atoms with Crippen LogP contribution in [0.2, 0.25) is 5.02 Å². The third-order valence-corrected chi connectivity index (χ3v) is 6.05. The molecule has 2 N–H and O–H groups in total. The average molecular weight is 429 g/mol. The standard InChI is InChI=1S/C19H19ClF2N2O3S/c1-28(27)11-18(26)6-7-19(22,14-3-2-8-23-16(14)18)17(25)24-10-12-4-5-13(21)9-15(12)20/h2-5,8-9,26H,6-7,10-11H2,1H3,(H,24,25). The third kappa shape index (κ3) is 3.94. The first-order chi connectivity index (χ1) is 13.2. The largest absolute Gasteiger partial charge is 0.383 e. The van der Waals surface area contributed by atoms with Gasteiger partial charge in [-0.15, -0.1) is 0 Å². The third-order valence-electron chi connectivity index (χ3n) is 4.81. The monoisotopic (exact) mass is 428 g/mol. The van der Waals surface area contributed by atoms with Crippen LogP contribution in [0.15, 0.2) is 36.5 Å².